The van der Waals surface area contributed by atoms with Gasteiger partial charge in [-0.3, -0.25) is 4.79 Å². The van der Waals surface area contributed by atoms with E-state index in [0.717, 1.165) is 0 Å². The van der Waals surface area contributed by atoms with Gasteiger partial charge in [0.1, 0.15) is 0 Å². The number of nitrogens with one attached hydrogen (secondary N) is 1. The van der Waals surface area contributed by atoms with Crippen molar-refractivity contribution >= 4 is 5.69 Å². The topological polar surface area (TPSA) is 69.2 Å². The summed E-state index contributed by atoms with van der Waals surface area (Å²) in [5.74, 6) is 0. The lowest BCUT2D eigenvalue weighted by molar-refractivity contribution is 0.304. The van der Waals surface area contributed by atoms with Crippen molar-refractivity contribution in [3.63, 3.8) is 0 Å². The number of aliphatic hydroxyl groups excluding tert-OH is 1. The van der Waals surface area contributed by atoms with Gasteiger partial charge in [-0.1, -0.05) is 0 Å². The molecule has 0 aliphatic carbocycles. The summed E-state index contributed by atoms with van der Waals surface area (Å²) in [4.78, 5) is 12.5. The molecular weight excluding hydrogens is 158 g/mol. The van der Waals surface area contributed by atoms with Gasteiger partial charge in [0.25, 0.3) is 5.56 Å². The van der Waals surface area contributed by atoms with E-state index < -0.39 is 0 Å². The summed E-state index contributed by atoms with van der Waals surface area (Å²) < 4.78 is 0. The highest BCUT2D eigenvalue weighted by Crippen LogP contribution is 2.04. The number of nitrogens with zero attached hydrogens (tertiary/aromatic N) is 2. The molecule has 0 radical (unpaired) electrons. The molecule has 1 heterocycles. The summed E-state index contributed by atoms with van der Waals surface area (Å²) in [6.45, 7) is 0.550. The molecule has 0 unspecified atom stereocenters. The average molecular weight is 169 g/mol. The Morgan fingerprint density at radius 2 is 2.50 bits per heavy atom. The van der Waals surface area contributed by atoms with E-state index in [1.165, 1.54) is 12.3 Å². The third-order valence-corrected chi connectivity index (χ3v) is 1.53. The van der Waals surface area contributed by atoms with E-state index in [2.05, 4.69) is 10.2 Å². The van der Waals surface area contributed by atoms with Gasteiger partial charge in [-0.25, -0.2) is 5.10 Å². The lowest BCUT2D eigenvalue weighted by atomic mass is 10.4. The molecule has 0 spiro atoms. The Kier molecular flexibility index (Phi) is 2.82. The van der Waals surface area contributed by atoms with Crippen molar-refractivity contribution in [1.29, 1.82) is 0 Å². The predicted molar refractivity (Wildman–Crippen MR) is 45.2 cm³/mol. The maximum absolute atomic E-state index is 10.8. The van der Waals surface area contributed by atoms with Crippen molar-refractivity contribution in [2.24, 2.45) is 0 Å². The van der Waals surface area contributed by atoms with Gasteiger partial charge in [0, 0.05) is 19.7 Å². The van der Waals surface area contributed by atoms with E-state index >= 15 is 0 Å². The van der Waals surface area contributed by atoms with Gasteiger partial charge < -0.3 is 10.0 Å². The molecule has 0 aliphatic heterocycles. The van der Waals surface area contributed by atoms with Gasteiger partial charge in [0.2, 0.25) is 0 Å². The molecule has 0 saturated carbocycles. The minimum absolute atomic E-state index is 0.0588. The normalized spacial score (nSPS) is 9.83. The van der Waals surface area contributed by atoms with Crippen molar-refractivity contribution in [2.45, 2.75) is 0 Å². The molecule has 0 atom stereocenters. The van der Waals surface area contributed by atoms with Crippen molar-refractivity contribution in [3.8, 4) is 0 Å². The van der Waals surface area contributed by atoms with E-state index in [-0.39, 0.29) is 12.2 Å². The van der Waals surface area contributed by atoms with E-state index in [4.69, 9.17) is 5.11 Å². The Bertz CT molecular complexity index is 297. The first-order valence-electron chi connectivity index (χ1n) is 3.61. The lowest BCUT2D eigenvalue weighted by Crippen LogP contribution is -2.23. The smallest absolute Gasteiger partial charge is 0.266 e. The molecule has 66 valence electrons. The quantitative estimate of drug-likeness (QED) is 0.621. The van der Waals surface area contributed by atoms with Crippen molar-refractivity contribution in [2.75, 3.05) is 25.1 Å². The van der Waals surface area contributed by atoms with Gasteiger partial charge in [0.15, 0.2) is 0 Å². The summed E-state index contributed by atoms with van der Waals surface area (Å²) >= 11 is 0. The van der Waals surface area contributed by atoms with Gasteiger partial charge in [-0.2, -0.15) is 5.10 Å². The first kappa shape index (κ1) is 8.73. The first-order valence-corrected chi connectivity index (χ1v) is 3.61. The molecule has 5 nitrogen and oxygen atoms in total. The molecule has 1 rings (SSSR count). The largest absolute Gasteiger partial charge is 0.395 e. The van der Waals surface area contributed by atoms with Gasteiger partial charge in [-0.15, -0.1) is 0 Å². The highest BCUT2D eigenvalue weighted by atomic mass is 16.3. The van der Waals surface area contributed by atoms with E-state index in [1.807, 2.05) is 0 Å². The molecular formula is C7H11N3O2. The number of aromatic amines is 1. The minimum Gasteiger partial charge on any atom is -0.395 e. The van der Waals surface area contributed by atoms with Crippen LogP contribution in [0, 0.1) is 0 Å². The van der Waals surface area contributed by atoms with Crippen molar-refractivity contribution < 1.29 is 5.11 Å². The Morgan fingerprint density at radius 1 is 1.75 bits per heavy atom. The molecule has 0 aromatic carbocycles. The molecule has 0 saturated heterocycles. The molecule has 1 aromatic heterocycles. The van der Waals surface area contributed by atoms with Crippen LogP contribution in [0.2, 0.25) is 0 Å². The summed E-state index contributed by atoms with van der Waals surface area (Å²) in [6, 6.07) is 1.43. The van der Waals surface area contributed by atoms with E-state index in [1.54, 1.807) is 11.9 Å². The number of aromatic nitrogens is 2. The number of hydrogen-bond donors (Lipinski definition) is 2. The van der Waals surface area contributed by atoms with Crippen LogP contribution in [-0.2, 0) is 0 Å². The standard InChI is InChI=1S/C7H11N3O2/c1-10(2-3-11)6-4-7(12)9-8-5-6/h4-5,11H,2-3H2,1H3,(H,9,12). The number of aliphatic hydroxyl groups is 1. The predicted octanol–water partition coefficient (Wildman–Crippen LogP) is -0.802. The van der Waals surface area contributed by atoms with Gasteiger partial charge >= 0.3 is 0 Å². The zero-order chi connectivity index (χ0) is 8.97. The van der Waals surface area contributed by atoms with Crippen LogP contribution < -0.4 is 10.5 Å². The van der Waals surface area contributed by atoms with Crippen LogP contribution in [0.25, 0.3) is 0 Å². The monoisotopic (exact) mass is 169 g/mol. The highest BCUT2D eigenvalue weighted by Gasteiger charge is 1.99. The fourth-order valence-electron chi connectivity index (χ4n) is 0.854. The molecule has 0 fully saturated rings. The second-order valence-corrected chi connectivity index (χ2v) is 2.45. The van der Waals surface area contributed by atoms with Gasteiger partial charge in [-0.05, 0) is 0 Å². The Balaban J connectivity index is 2.80. The van der Waals surface area contributed by atoms with Crippen LogP contribution in [-0.4, -0.2) is 35.5 Å². The number of likely N-dealkylation sites (N-methyl/N-ethyl adjacent to an activating group) is 1. The molecule has 1 aromatic rings. The van der Waals surface area contributed by atoms with Crippen LogP contribution in [0.4, 0.5) is 5.69 Å². The summed E-state index contributed by atoms with van der Waals surface area (Å²) in [7, 11) is 1.78. The first-order chi connectivity index (χ1) is 5.74. The SMILES string of the molecule is CN(CCO)c1cn[nH]c(=O)c1. The second-order valence-electron chi connectivity index (χ2n) is 2.45. The minimum atomic E-state index is -0.239. The summed E-state index contributed by atoms with van der Waals surface area (Å²) in [5, 5.41) is 14.5. The number of H-pyrrole nitrogens is 1. The summed E-state index contributed by atoms with van der Waals surface area (Å²) in [5.41, 5.74) is 0.463. The van der Waals surface area contributed by atoms with Crippen LogP contribution in [0.15, 0.2) is 17.1 Å². The highest BCUT2D eigenvalue weighted by molar-refractivity contribution is 5.41. The molecule has 0 bridgehead atoms. The molecule has 5 heteroatoms. The second kappa shape index (κ2) is 3.87. The number of rotatable bonds is 3. The zero-order valence-corrected chi connectivity index (χ0v) is 6.82. The van der Waals surface area contributed by atoms with Crippen LogP contribution >= 0.6 is 0 Å². The molecule has 12 heavy (non-hydrogen) atoms. The third-order valence-electron chi connectivity index (χ3n) is 1.53. The number of hydrogen-bond acceptors (Lipinski definition) is 4. The van der Waals surface area contributed by atoms with Crippen LogP contribution in [0.1, 0.15) is 0 Å². The fourth-order valence-corrected chi connectivity index (χ4v) is 0.854. The average Bonchev–Trinajstić information content (AvgIpc) is 2.05. The molecule has 0 aliphatic rings. The van der Waals surface area contributed by atoms with Crippen molar-refractivity contribution in [1.82, 2.24) is 10.2 Å². The van der Waals surface area contributed by atoms with E-state index in [9.17, 15) is 4.79 Å². The Hall–Kier alpha value is -1.36. The third kappa shape index (κ3) is 2.06. The number of anilines is 1. The Morgan fingerprint density at radius 3 is 3.08 bits per heavy atom. The van der Waals surface area contributed by atoms with Crippen LogP contribution in [0.3, 0.4) is 0 Å². The maximum atomic E-state index is 10.8. The molecule has 2 N–H and O–H groups in total. The maximum Gasteiger partial charge on any atom is 0.266 e. The van der Waals surface area contributed by atoms with Crippen LogP contribution in [0.5, 0.6) is 0 Å². The lowest BCUT2D eigenvalue weighted by Gasteiger charge is -2.15. The summed E-state index contributed by atoms with van der Waals surface area (Å²) in [6.07, 6.45) is 1.54. The van der Waals surface area contributed by atoms with Gasteiger partial charge in [0.05, 0.1) is 18.5 Å². The van der Waals surface area contributed by atoms with Crippen molar-refractivity contribution in [3.05, 3.63) is 22.6 Å². The fraction of sp³-hybridized carbons (Fsp3) is 0.429. The molecule has 0 amide bonds. The Labute approximate surface area is 69.6 Å². The van der Waals surface area contributed by atoms with E-state index in [0.29, 0.717) is 12.2 Å². The zero-order valence-electron chi connectivity index (χ0n) is 6.82.